The summed E-state index contributed by atoms with van der Waals surface area (Å²) in [5.74, 6) is 1.59. The van der Waals surface area contributed by atoms with Crippen molar-refractivity contribution in [1.82, 2.24) is 14.8 Å². The van der Waals surface area contributed by atoms with Gasteiger partial charge in [-0.3, -0.25) is 4.79 Å². The van der Waals surface area contributed by atoms with E-state index in [9.17, 15) is 9.18 Å². The zero-order valence-corrected chi connectivity index (χ0v) is 24.6. The molecule has 0 spiro atoms. The van der Waals surface area contributed by atoms with E-state index in [2.05, 4.69) is 35.1 Å². The van der Waals surface area contributed by atoms with Crippen LogP contribution in [0.2, 0.25) is 0 Å². The number of halogens is 2. The van der Waals surface area contributed by atoms with Crippen molar-refractivity contribution < 1.29 is 13.9 Å². The predicted octanol–water partition coefficient (Wildman–Crippen LogP) is 7.71. The van der Waals surface area contributed by atoms with Crippen molar-refractivity contribution in [2.45, 2.75) is 50.2 Å². The van der Waals surface area contributed by atoms with Crippen LogP contribution >= 0.6 is 27.7 Å². The molecule has 1 atom stereocenters. The lowest BCUT2D eigenvalue weighted by Crippen LogP contribution is -2.36. The molecular weight excluding hydrogens is 591 g/mol. The third kappa shape index (κ3) is 5.58. The topological polar surface area (TPSA) is 69.0 Å². The number of aromatic nitrogens is 3. The van der Waals surface area contributed by atoms with Crippen LogP contribution in [0.25, 0.3) is 0 Å². The third-order valence-corrected chi connectivity index (χ3v) is 8.50. The average molecular weight is 620 g/mol. The van der Waals surface area contributed by atoms with Crippen molar-refractivity contribution in [2.24, 2.45) is 5.41 Å². The number of carbonyl (C=O) groups is 1. The van der Waals surface area contributed by atoms with Gasteiger partial charge in [0.2, 0.25) is 11.1 Å². The van der Waals surface area contributed by atoms with Gasteiger partial charge in [-0.15, -0.1) is 5.10 Å². The summed E-state index contributed by atoms with van der Waals surface area (Å²) in [6.07, 6.45) is 1.21. The minimum absolute atomic E-state index is 0.112. The molecule has 1 unspecified atom stereocenters. The van der Waals surface area contributed by atoms with Gasteiger partial charge in [0.1, 0.15) is 24.2 Å². The molecule has 1 N–H and O–H groups in total. The summed E-state index contributed by atoms with van der Waals surface area (Å²) < 4.78 is 23.0. The SMILES string of the molecule is CC1(C)CC(=O)C2=C(C1)Nc1nc(SCc3ccccc3F)nn1C2c1ccc(OCc2cccc(Br)c2)cc1. The standard InChI is InChI=1S/C31H28BrFN4O2S/c1-31(2)15-25-27(26(38)16-31)28(20-10-12-23(13-11-20)39-17-19-6-5-8-22(32)14-19)37-29(34-25)35-30(36-37)40-18-21-7-3-4-9-24(21)33/h3-14,28H,15-18H2,1-2H3,(H,34,35,36). The van der Waals surface area contributed by atoms with E-state index in [1.807, 2.05) is 54.6 Å². The predicted molar refractivity (Wildman–Crippen MR) is 158 cm³/mol. The number of anilines is 1. The quantitative estimate of drug-likeness (QED) is 0.214. The number of allylic oxidation sites excluding steroid dienone is 2. The first kappa shape index (κ1) is 26.8. The van der Waals surface area contributed by atoms with Crippen LogP contribution in [0.1, 0.15) is 49.4 Å². The summed E-state index contributed by atoms with van der Waals surface area (Å²) >= 11 is 4.87. The third-order valence-electron chi connectivity index (χ3n) is 7.12. The summed E-state index contributed by atoms with van der Waals surface area (Å²) in [6, 6.07) is 22.1. The highest BCUT2D eigenvalue weighted by atomic mass is 79.9. The van der Waals surface area contributed by atoms with Gasteiger partial charge in [-0.1, -0.05) is 84.0 Å². The molecule has 0 amide bonds. The van der Waals surface area contributed by atoms with E-state index in [-0.39, 0.29) is 17.0 Å². The Labute approximate surface area is 245 Å². The highest BCUT2D eigenvalue weighted by Crippen LogP contribution is 2.46. The summed E-state index contributed by atoms with van der Waals surface area (Å²) in [5.41, 5.74) is 4.06. The smallest absolute Gasteiger partial charge is 0.227 e. The Bertz CT molecular complexity index is 1620. The number of hydrogen-bond acceptors (Lipinski definition) is 6. The Morgan fingerprint density at radius 3 is 2.67 bits per heavy atom. The zero-order valence-electron chi connectivity index (χ0n) is 22.2. The molecule has 1 aromatic heterocycles. The molecular formula is C31H28BrFN4O2S. The Morgan fingerprint density at radius 2 is 1.90 bits per heavy atom. The first-order chi connectivity index (χ1) is 19.3. The van der Waals surface area contributed by atoms with E-state index in [1.54, 1.807) is 16.8 Å². The number of ether oxygens (including phenoxy) is 1. The number of rotatable bonds is 7. The van der Waals surface area contributed by atoms with E-state index >= 15 is 0 Å². The van der Waals surface area contributed by atoms with Gasteiger partial charge in [0.05, 0.1) is 0 Å². The molecule has 0 radical (unpaired) electrons. The first-order valence-electron chi connectivity index (χ1n) is 13.1. The van der Waals surface area contributed by atoms with Crippen molar-refractivity contribution in [3.05, 3.63) is 111 Å². The molecule has 0 saturated heterocycles. The fourth-order valence-electron chi connectivity index (χ4n) is 5.26. The molecule has 9 heteroatoms. The van der Waals surface area contributed by atoms with Crippen LogP contribution in [0, 0.1) is 11.2 Å². The van der Waals surface area contributed by atoms with Gasteiger partial charge in [-0.25, -0.2) is 9.07 Å². The maximum absolute atomic E-state index is 14.2. The van der Waals surface area contributed by atoms with Gasteiger partial charge in [0.15, 0.2) is 5.78 Å². The number of Topliss-reactive ketones (excluding diaryl/α,β-unsaturated/α-hetero) is 1. The number of fused-ring (bicyclic) bond motifs is 1. The molecule has 3 aromatic carbocycles. The summed E-state index contributed by atoms with van der Waals surface area (Å²) in [7, 11) is 0. The number of hydrogen-bond donors (Lipinski definition) is 1. The van der Waals surface area contributed by atoms with Crippen LogP contribution in [0.5, 0.6) is 5.75 Å². The van der Waals surface area contributed by atoms with Crippen molar-refractivity contribution >= 4 is 39.4 Å². The van der Waals surface area contributed by atoms with Crippen molar-refractivity contribution in [3.63, 3.8) is 0 Å². The lowest BCUT2D eigenvalue weighted by Gasteiger charge is -2.38. The molecule has 0 saturated carbocycles. The number of benzene rings is 3. The minimum atomic E-state index is -0.413. The normalized spacial score (nSPS) is 17.7. The van der Waals surface area contributed by atoms with Gasteiger partial charge >= 0.3 is 0 Å². The van der Waals surface area contributed by atoms with Gasteiger partial charge in [0.25, 0.3) is 0 Å². The fraction of sp³-hybridized carbons (Fsp3) is 0.258. The first-order valence-corrected chi connectivity index (χ1v) is 14.9. The minimum Gasteiger partial charge on any atom is -0.489 e. The number of thioether (sulfide) groups is 1. The van der Waals surface area contributed by atoms with E-state index < -0.39 is 6.04 Å². The molecule has 4 aromatic rings. The molecule has 2 heterocycles. The van der Waals surface area contributed by atoms with Gasteiger partial charge in [-0.2, -0.15) is 4.98 Å². The molecule has 1 aliphatic heterocycles. The van der Waals surface area contributed by atoms with E-state index in [0.29, 0.717) is 35.4 Å². The monoisotopic (exact) mass is 618 g/mol. The van der Waals surface area contributed by atoms with Crippen molar-refractivity contribution in [3.8, 4) is 5.75 Å². The van der Waals surface area contributed by atoms with Crippen LogP contribution in [-0.2, 0) is 17.2 Å². The maximum Gasteiger partial charge on any atom is 0.227 e. The van der Waals surface area contributed by atoms with Gasteiger partial charge in [0, 0.05) is 27.9 Å². The number of carbonyl (C=O) groups excluding carboxylic acids is 1. The zero-order chi connectivity index (χ0) is 27.9. The molecule has 0 bridgehead atoms. The second-order valence-electron chi connectivity index (χ2n) is 10.9. The molecule has 204 valence electrons. The Kier molecular flexibility index (Phi) is 7.27. The fourth-order valence-corrected chi connectivity index (χ4v) is 6.52. The molecule has 6 rings (SSSR count). The van der Waals surface area contributed by atoms with Crippen LogP contribution in [-0.4, -0.2) is 20.5 Å². The lowest BCUT2D eigenvalue weighted by atomic mass is 9.73. The molecule has 0 fully saturated rings. The van der Waals surface area contributed by atoms with Crippen molar-refractivity contribution in [2.75, 3.05) is 5.32 Å². The summed E-state index contributed by atoms with van der Waals surface area (Å²) in [4.78, 5) is 18.2. The van der Waals surface area contributed by atoms with Gasteiger partial charge in [-0.05, 0) is 58.9 Å². The van der Waals surface area contributed by atoms with E-state index in [0.717, 1.165) is 39.0 Å². The number of ketones is 1. The Balaban J connectivity index is 1.29. The Hall–Kier alpha value is -3.43. The number of nitrogens with zero attached hydrogens (tertiary/aromatic N) is 3. The highest BCUT2D eigenvalue weighted by molar-refractivity contribution is 9.10. The summed E-state index contributed by atoms with van der Waals surface area (Å²) in [6.45, 7) is 4.67. The van der Waals surface area contributed by atoms with Crippen LogP contribution < -0.4 is 10.1 Å². The molecule has 40 heavy (non-hydrogen) atoms. The van der Waals surface area contributed by atoms with E-state index in [4.69, 9.17) is 14.8 Å². The summed E-state index contributed by atoms with van der Waals surface area (Å²) in [5, 5.41) is 8.71. The number of nitrogens with one attached hydrogen (secondary N) is 1. The highest BCUT2D eigenvalue weighted by Gasteiger charge is 2.41. The molecule has 2 aliphatic rings. The lowest BCUT2D eigenvalue weighted by molar-refractivity contribution is -0.118. The van der Waals surface area contributed by atoms with Crippen LogP contribution in [0.15, 0.2) is 93.7 Å². The van der Waals surface area contributed by atoms with Gasteiger partial charge < -0.3 is 10.1 Å². The van der Waals surface area contributed by atoms with Crippen LogP contribution in [0.3, 0.4) is 0 Å². The van der Waals surface area contributed by atoms with Crippen molar-refractivity contribution in [1.29, 1.82) is 0 Å². The maximum atomic E-state index is 14.2. The molecule has 1 aliphatic carbocycles. The Morgan fingerprint density at radius 1 is 1.10 bits per heavy atom. The average Bonchev–Trinajstić information content (AvgIpc) is 3.32. The second-order valence-corrected chi connectivity index (χ2v) is 12.7. The largest absolute Gasteiger partial charge is 0.489 e. The second kappa shape index (κ2) is 10.9. The molecule has 6 nitrogen and oxygen atoms in total. The van der Waals surface area contributed by atoms with E-state index in [1.165, 1.54) is 17.8 Å². The van der Waals surface area contributed by atoms with Crippen LogP contribution in [0.4, 0.5) is 10.3 Å².